The van der Waals surface area contributed by atoms with Crippen molar-refractivity contribution in [1.82, 2.24) is 15.1 Å². The molecular formula is C11H17N3O. The highest BCUT2D eigenvalue weighted by Crippen LogP contribution is 2.26. The number of hydrogen-bond donors (Lipinski definition) is 1. The van der Waals surface area contributed by atoms with Gasteiger partial charge in [0.1, 0.15) is 0 Å². The van der Waals surface area contributed by atoms with E-state index in [0.717, 1.165) is 45.7 Å². The summed E-state index contributed by atoms with van der Waals surface area (Å²) < 4.78 is 7.53. The first-order chi connectivity index (χ1) is 7.43. The molecule has 0 bridgehead atoms. The number of ether oxygens (including phenoxy) is 1. The van der Waals surface area contributed by atoms with Crippen LogP contribution in [0.25, 0.3) is 0 Å². The number of nitrogens with one attached hydrogen (secondary N) is 1. The summed E-state index contributed by atoms with van der Waals surface area (Å²) in [4.78, 5) is 0. The third-order valence-electron chi connectivity index (χ3n) is 3.33. The zero-order valence-electron chi connectivity index (χ0n) is 8.91. The van der Waals surface area contributed by atoms with Gasteiger partial charge in [-0.05, 0) is 18.9 Å². The second kappa shape index (κ2) is 3.94. The zero-order chi connectivity index (χ0) is 10.1. The highest BCUT2D eigenvalue weighted by Gasteiger charge is 2.21. The summed E-state index contributed by atoms with van der Waals surface area (Å²) in [5.41, 5.74) is 2.61. The van der Waals surface area contributed by atoms with Crippen LogP contribution in [-0.4, -0.2) is 29.5 Å². The minimum atomic E-state index is 0.622. The molecule has 1 aromatic rings. The van der Waals surface area contributed by atoms with Crippen molar-refractivity contribution in [3.63, 3.8) is 0 Å². The largest absolute Gasteiger partial charge is 0.381 e. The Balaban J connectivity index is 1.82. The van der Waals surface area contributed by atoms with E-state index < -0.39 is 0 Å². The van der Waals surface area contributed by atoms with Crippen molar-refractivity contribution < 1.29 is 4.74 Å². The summed E-state index contributed by atoms with van der Waals surface area (Å²) in [6, 6.07) is 2.27. The van der Waals surface area contributed by atoms with Gasteiger partial charge in [0.05, 0.1) is 17.9 Å². The number of fused-ring (bicyclic) bond motifs is 1. The Kier molecular flexibility index (Phi) is 2.46. The molecule has 1 aromatic heterocycles. The van der Waals surface area contributed by atoms with E-state index in [2.05, 4.69) is 16.1 Å². The van der Waals surface area contributed by atoms with Crippen LogP contribution in [0.1, 0.15) is 30.1 Å². The third kappa shape index (κ3) is 1.79. The quantitative estimate of drug-likeness (QED) is 0.743. The normalized spacial score (nSPS) is 22.7. The molecule has 0 spiro atoms. The summed E-state index contributed by atoms with van der Waals surface area (Å²) in [5, 5.41) is 8.07. The first-order valence-electron chi connectivity index (χ1n) is 5.78. The molecule has 0 aromatic carbocycles. The van der Waals surface area contributed by atoms with E-state index in [4.69, 9.17) is 9.84 Å². The maximum absolute atomic E-state index is 5.38. The first-order valence-corrected chi connectivity index (χ1v) is 5.78. The fraction of sp³-hybridized carbons (Fsp3) is 0.727. The van der Waals surface area contributed by atoms with E-state index in [9.17, 15) is 0 Å². The minimum absolute atomic E-state index is 0.622. The van der Waals surface area contributed by atoms with Crippen LogP contribution in [0.3, 0.4) is 0 Å². The van der Waals surface area contributed by atoms with Gasteiger partial charge < -0.3 is 10.1 Å². The van der Waals surface area contributed by atoms with Crippen LogP contribution in [0.2, 0.25) is 0 Å². The second-order valence-electron chi connectivity index (χ2n) is 4.35. The Morgan fingerprint density at radius 3 is 3.07 bits per heavy atom. The predicted octanol–water partition coefficient (Wildman–Crippen LogP) is 0.880. The van der Waals surface area contributed by atoms with Crippen molar-refractivity contribution in [2.75, 3.05) is 19.8 Å². The van der Waals surface area contributed by atoms with Crippen LogP contribution in [0, 0.1) is 0 Å². The standard InChI is InChI=1S/C11H17N3O/c1-5-15-6-2-9(1)11-7-10-8-12-3-4-14(10)13-11/h7,9,12H,1-6,8H2. The molecule has 3 heterocycles. The van der Waals surface area contributed by atoms with Crippen molar-refractivity contribution in [2.24, 2.45) is 0 Å². The van der Waals surface area contributed by atoms with E-state index in [1.807, 2.05) is 0 Å². The SMILES string of the molecule is c1c(C2CCOCC2)nn2c1CNCC2. The van der Waals surface area contributed by atoms with Gasteiger partial charge in [-0.1, -0.05) is 0 Å². The molecule has 1 saturated heterocycles. The van der Waals surface area contributed by atoms with Crippen molar-refractivity contribution in [3.05, 3.63) is 17.5 Å². The van der Waals surface area contributed by atoms with E-state index >= 15 is 0 Å². The summed E-state index contributed by atoms with van der Waals surface area (Å²) in [6.45, 7) is 4.81. The number of aromatic nitrogens is 2. The Hall–Kier alpha value is -0.870. The van der Waals surface area contributed by atoms with Gasteiger partial charge in [0.25, 0.3) is 0 Å². The van der Waals surface area contributed by atoms with Gasteiger partial charge >= 0.3 is 0 Å². The van der Waals surface area contributed by atoms with Crippen molar-refractivity contribution in [2.45, 2.75) is 31.8 Å². The Bertz CT molecular complexity index is 318. The summed E-state index contributed by atoms with van der Waals surface area (Å²) in [5.74, 6) is 0.622. The van der Waals surface area contributed by atoms with Gasteiger partial charge in [0, 0.05) is 32.2 Å². The van der Waals surface area contributed by atoms with Crippen LogP contribution < -0.4 is 5.32 Å². The van der Waals surface area contributed by atoms with Gasteiger partial charge in [0.15, 0.2) is 0 Å². The second-order valence-corrected chi connectivity index (χ2v) is 4.35. The van der Waals surface area contributed by atoms with Crippen LogP contribution in [0.15, 0.2) is 6.07 Å². The molecule has 4 nitrogen and oxygen atoms in total. The molecule has 0 radical (unpaired) electrons. The lowest BCUT2D eigenvalue weighted by Crippen LogP contribution is -2.28. The van der Waals surface area contributed by atoms with Crippen LogP contribution in [0.4, 0.5) is 0 Å². The van der Waals surface area contributed by atoms with Gasteiger partial charge in [-0.2, -0.15) is 5.10 Å². The van der Waals surface area contributed by atoms with E-state index in [1.165, 1.54) is 11.4 Å². The zero-order valence-corrected chi connectivity index (χ0v) is 8.91. The lowest BCUT2D eigenvalue weighted by Gasteiger charge is -2.19. The number of nitrogens with zero attached hydrogens (tertiary/aromatic N) is 2. The molecule has 1 N–H and O–H groups in total. The summed E-state index contributed by atoms with van der Waals surface area (Å²) >= 11 is 0. The smallest absolute Gasteiger partial charge is 0.0660 e. The fourth-order valence-corrected chi connectivity index (χ4v) is 2.41. The highest BCUT2D eigenvalue weighted by atomic mass is 16.5. The van der Waals surface area contributed by atoms with E-state index in [-0.39, 0.29) is 0 Å². The molecule has 0 unspecified atom stereocenters. The Morgan fingerprint density at radius 1 is 1.40 bits per heavy atom. The molecule has 4 heteroatoms. The van der Waals surface area contributed by atoms with Gasteiger partial charge in [-0.3, -0.25) is 4.68 Å². The fourth-order valence-electron chi connectivity index (χ4n) is 2.41. The average molecular weight is 207 g/mol. The third-order valence-corrected chi connectivity index (χ3v) is 3.33. The molecule has 1 fully saturated rings. The van der Waals surface area contributed by atoms with Crippen molar-refractivity contribution in [3.8, 4) is 0 Å². The number of hydrogen-bond acceptors (Lipinski definition) is 3. The summed E-state index contributed by atoms with van der Waals surface area (Å²) in [6.07, 6.45) is 2.26. The Morgan fingerprint density at radius 2 is 2.27 bits per heavy atom. The van der Waals surface area contributed by atoms with Gasteiger partial charge in [-0.15, -0.1) is 0 Å². The molecule has 3 rings (SSSR count). The monoisotopic (exact) mass is 207 g/mol. The van der Waals surface area contributed by atoms with E-state index in [0.29, 0.717) is 5.92 Å². The lowest BCUT2D eigenvalue weighted by molar-refractivity contribution is 0.0843. The Labute approximate surface area is 89.6 Å². The molecular weight excluding hydrogens is 190 g/mol. The molecule has 2 aliphatic heterocycles. The molecule has 0 aliphatic carbocycles. The maximum Gasteiger partial charge on any atom is 0.0660 e. The average Bonchev–Trinajstić information content (AvgIpc) is 2.74. The van der Waals surface area contributed by atoms with Gasteiger partial charge in [0.2, 0.25) is 0 Å². The summed E-state index contributed by atoms with van der Waals surface area (Å²) in [7, 11) is 0. The topological polar surface area (TPSA) is 39.1 Å². The van der Waals surface area contributed by atoms with Crippen molar-refractivity contribution >= 4 is 0 Å². The molecule has 15 heavy (non-hydrogen) atoms. The lowest BCUT2D eigenvalue weighted by atomic mass is 9.96. The molecule has 0 atom stereocenters. The number of rotatable bonds is 1. The maximum atomic E-state index is 5.38. The highest BCUT2D eigenvalue weighted by molar-refractivity contribution is 5.16. The van der Waals surface area contributed by atoms with Gasteiger partial charge in [-0.25, -0.2) is 0 Å². The minimum Gasteiger partial charge on any atom is -0.381 e. The molecule has 82 valence electrons. The molecule has 0 saturated carbocycles. The van der Waals surface area contributed by atoms with Crippen LogP contribution in [-0.2, 0) is 17.8 Å². The van der Waals surface area contributed by atoms with Crippen molar-refractivity contribution in [1.29, 1.82) is 0 Å². The molecule has 2 aliphatic rings. The molecule has 0 amide bonds. The van der Waals surface area contributed by atoms with E-state index in [1.54, 1.807) is 0 Å². The van der Waals surface area contributed by atoms with Crippen LogP contribution in [0.5, 0.6) is 0 Å². The van der Waals surface area contributed by atoms with Crippen LogP contribution >= 0.6 is 0 Å². The first kappa shape index (κ1) is 9.36. The predicted molar refractivity (Wildman–Crippen MR) is 56.7 cm³/mol.